The van der Waals surface area contributed by atoms with E-state index in [0.29, 0.717) is 37.0 Å². The number of carboxylic acids is 1. The summed E-state index contributed by atoms with van der Waals surface area (Å²) in [6.07, 6.45) is 4.18. The van der Waals surface area contributed by atoms with Gasteiger partial charge in [0.05, 0.1) is 12.7 Å². The van der Waals surface area contributed by atoms with Gasteiger partial charge in [-0.1, -0.05) is 13.8 Å². The third-order valence-corrected chi connectivity index (χ3v) is 6.10. The first-order valence-electron chi connectivity index (χ1n) is 10.7. The number of anilines is 3. The molecule has 2 aliphatic rings. The number of halogens is 1. The van der Waals surface area contributed by atoms with Gasteiger partial charge in [-0.2, -0.15) is 10.2 Å². The summed E-state index contributed by atoms with van der Waals surface area (Å²) in [5, 5.41) is 22.1. The lowest BCUT2D eigenvalue weighted by molar-refractivity contribution is -0.124. The predicted octanol–water partition coefficient (Wildman–Crippen LogP) is 4.03. The van der Waals surface area contributed by atoms with E-state index < -0.39 is 11.4 Å². The predicted molar refractivity (Wildman–Crippen MR) is 124 cm³/mol. The van der Waals surface area contributed by atoms with Gasteiger partial charge >= 0.3 is 5.97 Å². The zero-order valence-corrected chi connectivity index (χ0v) is 19.3. The minimum absolute atomic E-state index is 0. The van der Waals surface area contributed by atoms with E-state index in [1.807, 2.05) is 13.8 Å². The number of nitrogens with one attached hydrogen (secondary N) is 1. The van der Waals surface area contributed by atoms with Crippen molar-refractivity contribution in [1.29, 1.82) is 5.26 Å². The van der Waals surface area contributed by atoms with E-state index in [2.05, 4.69) is 21.4 Å². The molecule has 4 rings (SSSR count). The fourth-order valence-electron chi connectivity index (χ4n) is 3.80. The van der Waals surface area contributed by atoms with Crippen LogP contribution < -0.4 is 15.0 Å². The van der Waals surface area contributed by atoms with Gasteiger partial charge in [0, 0.05) is 24.5 Å². The molecule has 0 radical (unpaired) electrons. The Morgan fingerprint density at radius 2 is 2.15 bits per heavy atom. The van der Waals surface area contributed by atoms with Crippen LogP contribution in [0.5, 0.6) is 5.75 Å². The SMILES string of the molecule is CC(C)[C@]1(C#N)CCN(c2ccnc(Nc3ccc(C(=O)O)c(OCC4CC4)c3)n2)C1=O.Cl. The molecular weight excluding hydrogens is 446 g/mol. The van der Waals surface area contributed by atoms with E-state index >= 15 is 0 Å². The van der Waals surface area contributed by atoms with Crippen LogP contribution in [0.2, 0.25) is 0 Å². The molecule has 0 unspecified atom stereocenters. The minimum Gasteiger partial charge on any atom is -0.492 e. The van der Waals surface area contributed by atoms with Crippen molar-refractivity contribution in [2.75, 3.05) is 23.4 Å². The highest BCUT2D eigenvalue weighted by Gasteiger charge is 2.50. The largest absolute Gasteiger partial charge is 0.492 e. The molecule has 1 aliphatic heterocycles. The quantitative estimate of drug-likeness (QED) is 0.590. The molecule has 0 spiro atoms. The molecule has 0 bridgehead atoms. The Labute approximate surface area is 198 Å². The lowest BCUT2D eigenvalue weighted by Crippen LogP contribution is -2.37. The Morgan fingerprint density at radius 1 is 1.39 bits per heavy atom. The van der Waals surface area contributed by atoms with Crippen LogP contribution >= 0.6 is 12.4 Å². The van der Waals surface area contributed by atoms with Crippen LogP contribution in [0.15, 0.2) is 30.5 Å². The number of hydrogen-bond acceptors (Lipinski definition) is 7. The molecule has 1 amide bonds. The highest BCUT2D eigenvalue weighted by molar-refractivity contribution is 6.01. The molecule has 1 aromatic carbocycles. The van der Waals surface area contributed by atoms with Gasteiger partial charge in [-0.3, -0.25) is 9.69 Å². The van der Waals surface area contributed by atoms with Gasteiger partial charge in [0.2, 0.25) is 11.9 Å². The van der Waals surface area contributed by atoms with E-state index in [1.54, 1.807) is 18.2 Å². The second-order valence-electron chi connectivity index (χ2n) is 8.58. The lowest BCUT2D eigenvalue weighted by atomic mass is 9.77. The van der Waals surface area contributed by atoms with Crippen LogP contribution in [0.1, 0.15) is 43.5 Å². The number of carbonyl (C=O) groups excluding carboxylic acids is 1. The number of benzene rings is 1. The Morgan fingerprint density at radius 3 is 2.76 bits per heavy atom. The highest BCUT2D eigenvalue weighted by Crippen LogP contribution is 2.40. The van der Waals surface area contributed by atoms with Gasteiger partial charge in [-0.25, -0.2) is 9.78 Å². The summed E-state index contributed by atoms with van der Waals surface area (Å²) in [4.78, 5) is 34.7. The van der Waals surface area contributed by atoms with Crippen molar-refractivity contribution >= 4 is 41.7 Å². The second-order valence-corrected chi connectivity index (χ2v) is 8.58. The van der Waals surface area contributed by atoms with Crippen molar-refractivity contribution in [2.24, 2.45) is 17.3 Å². The van der Waals surface area contributed by atoms with Crippen LogP contribution in [-0.4, -0.2) is 40.1 Å². The second kappa shape index (κ2) is 9.63. The summed E-state index contributed by atoms with van der Waals surface area (Å²) < 4.78 is 5.73. The zero-order chi connectivity index (χ0) is 22.9. The number of nitrogens with zero attached hydrogens (tertiary/aromatic N) is 4. The maximum Gasteiger partial charge on any atom is 0.339 e. The van der Waals surface area contributed by atoms with Crippen LogP contribution in [0.25, 0.3) is 0 Å². The molecule has 2 fully saturated rings. The molecule has 9 nitrogen and oxygen atoms in total. The third kappa shape index (κ3) is 4.86. The zero-order valence-electron chi connectivity index (χ0n) is 18.4. The van der Waals surface area contributed by atoms with Gasteiger partial charge in [0.15, 0.2) is 0 Å². The van der Waals surface area contributed by atoms with E-state index in [0.717, 1.165) is 12.8 Å². The summed E-state index contributed by atoms with van der Waals surface area (Å²) >= 11 is 0. The molecule has 1 aromatic heterocycles. The number of rotatable bonds is 8. The van der Waals surface area contributed by atoms with Gasteiger partial charge in [-0.05, 0) is 49.3 Å². The lowest BCUT2D eigenvalue weighted by Gasteiger charge is -2.24. The number of aromatic carboxylic acids is 1. The van der Waals surface area contributed by atoms with Crippen LogP contribution in [-0.2, 0) is 4.79 Å². The summed E-state index contributed by atoms with van der Waals surface area (Å²) in [6.45, 7) is 4.65. The summed E-state index contributed by atoms with van der Waals surface area (Å²) in [5.41, 5.74) is -0.381. The molecule has 2 aromatic rings. The Kier molecular flexibility index (Phi) is 7.08. The first kappa shape index (κ1) is 24.3. The van der Waals surface area contributed by atoms with E-state index in [1.165, 1.54) is 17.2 Å². The number of carboxylic acid groups (broad SMARTS) is 1. The number of aromatic nitrogens is 2. The first-order chi connectivity index (χ1) is 15.3. The number of carbonyl (C=O) groups is 2. The van der Waals surface area contributed by atoms with Gasteiger partial charge in [-0.15, -0.1) is 12.4 Å². The number of amides is 1. The fraction of sp³-hybridized carbons (Fsp3) is 0.435. The van der Waals surface area contributed by atoms with E-state index in [-0.39, 0.29) is 41.5 Å². The molecule has 1 atom stereocenters. The molecule has 174 valence electrons. The molecule has 1 saturated carbocycles. The van der Waals surface area contributed by atoms with Gasteiger partial charge in [0.1, 0.15) is 22.5 Å². The maximum atomic E-state index is 13.0. The molecular formula is C23H26ClN5O4. The smallest absolute Gasteiger partial charge is 0.339 e. The van der Waals surface area contributed by atoms with E-state index in [4.69, 9.17) is 4.74 Å². The van der Waals surface area contributed by atoms with Crippen molar-refractivity contribution in [2.45, 2.75) is 33.1 Å². The number of ether oxygens (including phenoxy) is 1. The Hall–Kier alpha value is -3.38. The first-order valence-corrected chi connectivity index (χ1v) is 10.7. The topological polar surface area (TPSA) is 128 Å². The normalized spacial score (nSPS) is 19.7. The van der Waals surface area contributed by atoms with Gasteiger partial charge in [0.25, 0.3) is 0 Å². The average Bonchev–Trinajstić information content (AvgIpc) is 3.53. The fourth-order valence-corrected chi connectivity index (χ4v) is 3.80. The van der Waals surface area contributed by atoms with Crippen LogP contribution in [0, 0.1) is 28.6 Å². The average molecular weight is 472 g/mol. The highest BCUT2D eigenvalue weighted by atomic mass is 35.5. The maximum absolute atomic E-state index is 13.0. The number of nitriles is 1. The summed E-state index contributed by atoms with van der Waals surface area (Å²) in [5.74, 6) is 0.0311. The minimum atomic E-state index is -1.06. The molecule has 2 heterocycles. The van der Waals surface area contributed by atoms with Gasteiger partial charge < -0.3 is 15.2 Å². The van der Waals surface area contributed by atoms with Crippen LogP contribution in [0.4, 0.5) is 17.5 Å². The van der Waals surface area contributed by atoms with Crippen molar-refractivity contribution in [3.8, 4) is 11.8 Å². The molecule has 33 heavy (non-hydrogen) atoms. The number of hydrogen-bond donors (Lipinski definition) is 2. The standard InChI is InChI=1S/C23H25N5O4.ClH/c1-14(2)23(13-24)8-10-28(21(23)31)19-7-9-25-22(27-19)26-16-5-6-17(20(29)30)18(11-16)32-12-15-3-4-15;/h5-7,9,11,14-15H,3-4,8,10,12H2,1-2H3,(H,29,30)(H,25,26,27);1H/t23-;/m1./s1. The van der Waals surface area contributed by atoms with Crippen molar-refractivity contribution < 1.29 is 19.4 Å². The van der Waals surface area contributed by atoms with E-state index in [9.17, 15) is 20.0 Å². The summed E-state index contributed by atoms with van der Waals surface area (Å²) in [7, 11) is 0. The molecule has 2 N–H and O–H groups in total. The third-order valence-electron chi connectivity index (χ3n) is 6.10. The monoisotopic (exact) mass is 471 g/mol. The Bertz CT molecular complexity index is 1100. The Balaban J connectivity index is 0.00000306. The van der Waals surface area contributed by atoms with Crippen molar-refractivity contribution in [1.82, 2.24) is 9.97 Å². The molecule has 1 saturated heterocycles. The van der Waals surface area contributed by atoms with Crippen molar-refractivity contribution in [3.05, 3.63) is 36.0 Å². The van der Waals surface area contributed by atoms with Crippen LogP contribution in [0.3, 0.4) is 0 Å². The molecule has 10 heteroatoms. The summed E-state index contributed by atoms with van der Waals surface area (Å²) in [6, 6.07) is 8.55. The molecule has 1 aliphatic carbocycles. The van der Waals surface area contributed by atoms with Crippen molar-refractivity contribution in [3.63, 3.8) is 0 Å².